The molecule has 0 aromatic carbocycles. The lowest BCUT2D eigenvalue weighted by Crippen LogP contribution is -2.07. The van der Waals surface area contributed by atoms with Crippen molar-refractivity contribution >= 4 is 23.4 Å². The number of pyridine rings is 1. The van der Waals surface area contributed by atoms with Crippen LogP contribution in [0.15, 0.2) is 23.4 Å². The van der Waals surface area contributed by atoms with Crippen molar-refractivity contribution < 1.29 is 0 Å². The Labute approximate surface area is 106 Å². The second-order valence-corrected chi connectivity index (χ2v) is 5.73. The van der Waals surface area contributed by atoms with Crippen LogP contribution in [0.5, 0.6) is 0 Å². The van der Waals surface area contributed by atoms with Gasteiger partial charge in [-0.05, 0) is 44.6 Å². The zero-order valence-corrected chi connectivity index (χ0v) is 11.1. The molecule has 2 nitrogen and oxygen atoms in total. The maximum atomic E-state index is 8.86. The number of aromatic nitrogens is 1. The maximum absolute atomic E-state index is 8.86. The van der Waals surface area contributed by atoms with E-state index in [1.807, 2.05) is 26.0 Å². The van der Waals surface area contributed by atoms with Crippen molar-refractivity contribution in [1.29, 1.82) is 5.26 Å². The third kappa shape index (κ3) is 4.42. The fourth-order valence-electron chi connectivity index (χ4n) is 1.22. The Balaban J connectivity index is 2.33. The minimum Gasteiger partial charge on any atom is -0.248 e. The number of rotatable bonds is 5. The van der Waals surface area contributed by atoms with Gasteiger partial charge in [0.25, 0.3) is 0 Å². The summed E-state index contributed by atoms with van der Waals surface area (Å²) in [7, 11) is 0. The standard InChI is InChI=1S/C12H15ClN2S/c1-12(2,9-14)6-4-8-16-11-10(13)5-3-7-15-11/h3,5,7H,4,6,8H2,1-2H3. The van der Waals surface area contributed by atoms with Crippen molar-refractivity contribution in [2.45, 2.75) is 31.7 Å². The zero-order chi connectivity index (χ0) is 12.0. The zero-order valence-electron chi connectivity index (χ0n) is 9.53. The molecule has 16 heavy (non-hydrogen) atoms. The molecule has 0 aliphatic rings. The summed E-state index contributed by atoms with van der Waals surface area (Å²) < 4.78 is 0. The van der Waals surface area contributed by atoms with Crippen LogP contribution < -0.4 is 0 Å². The van der Waals surface area contributed by atoms with E-state index < -0.39 is 0 Å². The molecule has 0 radical (unpaired) electrons. The van der Waals surface area contributed by atoms with Gasteiger partial charge in [-0.15, -0.1) is 11.8 Å². The molecule has 0 amide bonds. The van der Waals surface area contributed by atoms with Crippen LogP contribution in [0.3, 0.4) is 0 Å². The lowest BCUT2D eigenvalue weighted by Gasteiger charge is -2.13. The summed E-state index contributed by atoms with van der Waals surface area (Å²) in [5.74, 6) is 0.946. The number of halogens is 1. The predicted molar refractivity (Wildman–Crippen MR) is 68.6 cm³/mol. The van der Waals surface area contributed by atoms with Gasteiger partial charge in [-0.2, -0.15) is 5.26 Å². The number of nitrogens with zero attached hydrogens (tertiary/aromatic N) is 2. The normalized spacial score (nSPS) is 11.1. The molecular formula is C12H15ClN2S. The van der Waals surface area contributed by atoms with E-state index in [-0.39, 0.29) is 5.41 Å². The highest BCUT2D eigenvalue weighted by atomic mass is 35.5. The first-order chi connectivity index (χ1) is 7.55. The van der Waals surface area contributed by atoms with Gasteiger partial charge >= 0.3 is 0 Å². The highest BCUT2D eigenvalue weighted by Gasteiger charge is 2.15. The SMILES string of the molecule is CC(C)(C#N)CCCSc1ncccc1Cl. The molecule has 1 aromatic rings. The van der Waals surface area contributed by atoms with E-state index >= 15 is 0 Å². The van der Waals surface area contributed by atoms with Crippen LogP contribution in [0.1, 0.15) is 26.7 Å². The molecule has 0 saturated heterocycles. The molecule has 0 aliphatic carbocycles. The van der Waals surface area contributed by atoms with E-state index in [9.17, 15) is 0 Å². The Morgan fingerprint density at radius 2 is 2.31 bits per heavy atom. The van der Waals surface area contributed by atoms with E-state index in [0.29, 0.717) is 5.02 Å². The summed E-state index contributed by atoms with van der Waals surface area (Å²) in [5, 5.41) is 10.4. The van der Waals surface area contributed by atoms with Gasteiger partial charge in [-0.3, -0.25) is 0 Å². The summed E-state index contributed by atoms with van der Waals surface area (Å²) in [5.41, 5.74) is -0.228. The van der Waals surface area contributed by atoms with Crippen molar-refractivity contribution in [2.24, 2.45) is 5.41 Å². The first kappa shape index (κ1) is 13.3. The summed E-state index contributed by atoms with van der Waals surface area (Å²) in [6.07, 6.45) is 3.65. The van der Waals surface area contributed by atoms with Gasteiger partial charge in [0, 0.05) is 6.20 Å². The number of nitriles is 1. The summed E-state index contributed by atoms with van der Waals surface area (Å²) >= 11 is 7.63. The van der Waals surface area contributed by atoms with Crippen LogP contribution in [-0.2, 0) is 0 Å². The summed E-state index contributed by atoms with van der Waals surface area (Å²) in [6.45, 7) is 3.93. The first-order valence-electron chi connectivity index (χ1n) is 5.20. The Kier molecular flexibility index (Phi) is 5.11. The third-order valence-corrected chi connectivity index (χ3v) is 3.72. The largest absolute Gasteiger partial charge is 0.248 e. The molecule has 1 heterocycles. The Morgan fingerprint density at radius 3 is 2.94 bits per heavy atom. The molecule has 0 unspecified atom stereocenters. The van der Waals surface area contributed by atoms with Gasteiger partial charge in [0.15, 0.2) is 0 Å². The average molecular weight is 255 g/mol. The quantitative estimate of drug-likeness (QED) is 0.585. The van der Waals surface area contributed by atoms with Gasteiger partial charge in [0.2, 0.25) is 0 Å². The third-order valence-electron chi connectivity index (χ3n) is 2.21. The second-order valence-electron chi connectivity index (χ2n) is 4.24. The van der Waals surface area contributed by atoms with E-state index in [0.717, 1.165) is 23.6 Å². The molecule has 0 fully saturated rings. The predicted octanol–water partition coefficient (Wildman–Crippen LogP) is 4.16. The maximum Gasteiger partial charge on any atom is 0.115 e. The molecule has 86 valence electrons. The van der Waals surface area contributed by atoms with Crippen molar-refractivity contribution in [1.82, 2.24) is 4.98 Å². The Hall–Kier alpha value is -0.720. The van der Waals surface area contributed by atoms with Crippen LogP contribution in [0, 0.1) is 16.7 Å². The van der Waals surface area contributed by atoms with Gasteiger partial charge in [0.1, 0.15) is 5.03 Å². The molecule has 0 spiro atoms. The molecule has 0 bridgehead atoms. The molecule has 0 N–H and O–H groups in total. The topological polar surface area (TPSA) is 36.7 Å². The molecule has 0 saturated carbocycles. The highest BCUT2D eigenvalue weighted by Crippen LogP contribution is 2.27. The van der Waals surface area contributed by atoms with E-state index in [1.165, 1.54) is 0 Å². The Morgan fingerprint density at radius 1 is 1.56 bits per heavy atom. The van der Waals surface area contributed by atoms with Crippen molar-refractivity contribution in [2.75, 3.05) is 5.75 Å². The molecule has 1 rings (SSSR count). The minimum atomic E-state index is -0.228. The number of hydrogen-bond donors (Lipinski definition) is 0. The lowest BCUT2D eigenvalue weighted by molar-refractivity contribution is 0.448. The first-order valence-corrected chi connectivity index (χ1v) is 6.56. The van der Waals surface area contributed by atoms with Crippen LogP contribution in [0.2, 0.25) is 5.02 Å². The van der Waals surface area contributed by atoms with Crippen LogP contribution in [0.4, 0.5) is 0 Å². The highest BCUT2D eigenvalue weighted by molar-refractivity contribution is 7.99. The molecule has 0 atom stereocenters. The fourth-order valence-corrected chi connectivity index (χ4v) is 2.32. The lowest BCUT2D eigenvalue weighted by atomic mass is 9.90. The smallest absolute Gasteiger partial charge is 0.115 e. The molecular weight excluding hydrogens is 240 g/mol. The second kappa shape index (κ2) is 6.12. The van der Waals surface area contributed by atoms with Crippen LogP contribution >= 0.6 is 23.4 Å². The molecule has 1 aromatic heterocycles. The number of thioether (sulfide) groups is 1. The van der Waals surface area contributed by atoms with E-state index in [2.05, 4.69) is 11.1 Å². The molecule has 4 heteroatoms. The van der Waals surface area contributed by atoms with E-state index in [4.69, 9.17) is 16.9 Å². The molecule has 0 aliphatic heterocycles. The van der Waals surface area contributed by atoms with Gasteiger partial charge in [-0.1, -0.05) is 11.6 Å². The van der Waals surface area contributed by atoms with Gasteiger partial charge < -0.3 is 0 Å². The number of hydrogen-bond acceptors (Lipinski definition) is 3. The monoisotopic (exact) mass is 254 g/mol. The average Bonchev–Trinajstić information content (AvgIpc) is 2.27. The van der Waals surface area contributed by atoms with E-state index in [1.54, 1.807) is 18.0 Å². The van der Waals surface area contributed by atoms with Gasteiger partial charge in [0.05, 0.1) is 16.5 Å². The summed E-state index contributed by atoms with van der Waals surface area (Å²) in [4.78, 5) is 4.20. The van der Waals surface area contributed by atoms with Crippen LogP contribution in [0.25, 0.3) is 0 Å². The Bertz CT molecular complexity index is 385. The van der Waals surface area contributed by atoms with Gasteiger partial charge in [-0.25, -0.2) is 4.98 Å². The van der Waals surface area contributed by atoms with Crippen LogP contribution in [-0.4, -0.2) is 10.7 Å². The fraction of sp³-hybridized carbons (Fsp3) is 0.500. The van der Waals surface area contributed by atoms with Crippen molar-refractivity contribution in [3.63, 3.8) is 0 Å². The summed E-state index contributed by atoms with van der Waals surface area (Å²) in [6, 6.07) is 5.97. The minimum absolute atomic E-state index is 0.228. The van der Waals surface area contributed by atoms with Crippen molar-refractivity contribution in [3.05, 3.63) is 23.4 Å². The van der Waals surface area contributed by atoms with Crippen molar-refractivity contribution in [3.8, 4) is 6.07 Å².